The second kappa shape index (κ2) is 4.92. The van der Waals surface area contributed by atoms with E-state index in [1.54, 1.807) is 0 Å². The van der Waals surface area contributed by atoms with Gasteiger partial charge in [0.1, 0.15) is 0 Å². The lowest BCUT2D eigenvalue weighted by atomic mass is 10.0. The third kappa shape index (κ3) is 2.30. The van der Waals surface area contributed by atoms with Crippen molar-refractivity contribution in [3.8, 4) is 0 Å². The molecule has 0 radical (unpaired) electrons. The van der Waals surface area contributed by atoms with Crippen LogP contribution in [-0.4, -0.2) is 16.0 Å². The van der Waals surface area contributed by atoms with Gasteiger partial charge in [0, 0.05) is 17.6 Å². The highest BCUT2D eigenvalue weighted by molar-refractivity contribution is 5.78. The molecular formula is C15H19N3. The number of fused-ring (bicyclic) bond motifs is 1. The average Bonchev–Trinajstić information content (AvgIpc) is 2.92. The summed E-state index contributed by atoms with van der Waals surface area (Å²) in [5.74, 6) is 1.54. The Hall–Kier alpha value is -1.64. The number of nitrogens with one attached hydrogen (secondary N) is 1. The molecule has 18 heavy (non-hydrogen) atoms. The van der Waals surface area contributed by atoms with Crippen LogP contribution in [0.3, 0.4) is 0 Å². The van der Waals surface area contributed by atoms with Crippen LogP contribution in [0.4, 0.5) is 5.95 Å². The van der Waals surface area contributed by atoms with E-state index in [0.717, 1.165) is 22.8 Å². The van der Waals surface area contributed by atoms with Crippen LogP contribution in [0, 0.1) is 5.92 Å². The first-order valence-electron chi connectivity index (χ1n) is 6.81. The van der Waals surface area contributed by atoms with Gasteiger partial charge in [0.05, 0.1) is 5.52 Å². The van der Waals surface area contributed by atoms with Crippen LogP contribution in [-0.2, 0) is 0 Å². The van der Waals surface area contributed by atoms with E-state index in [2.05, 4.69) is 22.2 Å². The van der Waals surface area contributed by atoms with Gasteiger partial charge in [-0.2, -0.15) is 0 Å². The molecule has 1 saturated carbocycles. The first-order valence-corrected chi connectivity index (χ1v) is 6.81. The van der Waals surface area contributed by atoms with Gasteiger partial charge in [-0.3, -0.25) is 0 Å². The lowest BCUT2D eigenvalue weighted by molar-refractivity contribution is 0.480. The molecule has 1 fully saturated rings. The predicted octanol–water partition coefficient (Wildman–Crippen LogP) is 3.62. The zero-order valence-electron chi connectivity index (χ0n) is 10.8. The first-order chi connectivity index (χ1) is 8.83. The van der Waals surface area contributed by atoms with Crippen molar-refractivity contribution in [1.82, 2.24) is 9.97 Å². The van der Waals surface area contributed by atoms with Crippen molar-refractivity contribution >= 4 is 16.9 Å². The van der Waals surface area contributed by atoms with Crippen molar-refractivity contribution < 1.29 is 0 Å². The summed E-state index contributed by atoms with van der Waals surface area (Å²) in [5.41, 5.74) is 1.01. The fourth-order valence-corrected chi connectivity index (χ4v) is 2.82. The Bertz CT molecular complexity index is 532. The quantitative estimate of drug-likeness (QED) is 0.891. The summed E-state index contributed by atoms with van der Waals surface area (Å²) in [4.78, 5) is 8.96. The summed E-state index contributed by atoms with van der Waals surface area (Å²) >= 11 is 0. The minimum absolute atomic E-state index is 0.466. The molecule has 1 N–H and O–H groups in total. The van der Waals surface area contributed by atoms with Gasteiger partial charge in [0.25, 0.3) is 0 Å². The number of hydrogen-bond acceptors (Lipinski definition) is 3. The maximum atomic E-state index is 4.56. The molecule has 2 aromatic rings. The molecule has 0 bridgehead atoms. The molecule has 1 heterocycles. The molecule has 0 saturated heterocycles. The van der Waals surface area contributed by atoms with Crippen LogP contribution >= 0.6 is 0 Å². The normalized spacial score (nSPS) is 18.1. The van der Waals surface area contributed by atoms with Crippen LogP contribution in [0.1, 0.15) is 32.6 Å². The highest BCUT2D eigenvalue weighted by Crippen LogP contribution is 2.28. The Morgan fingerprint density at radius 3 is 2.83 bits per heavy atom. The smallest absolute Gasteiger partial charge is 0.223 e. The zero-order chi connectivity index (χ0) is 12.4. The second-order valence-electron chi connectivity index (χ2n) is 5.23. The molecule has 0 aliphatic heterocycles. The molecule has 3 rings (SSSR count). The predicted molar refractivity (Wildman–Crippen MR) is 74.6 cm³/mol. The van der Waals surface area contributed by atoms with Gasteiger partial charge in [-0.1, -0.05) is 31.0 Å². The van der Waals surface area contributed by atoms with Crippen molar-refractivity contribution in [3.05, 3.63) is 30.5 Å². The van der Waals surface area contributed by atoms with Crippen molar-refractivity contribution in [2.45, 2.75) is 38.6 Å². The van der Waals surface area contributed by atoms with E-state index in [0.29, 0.717) is 6.04 Å². The molecule has 1 aliphatic carbocycles. The second-order valence-corrected chi connectivity index (χ2v) is 5.23. The van der Waals surface area contributed by atoms with E-state index >= 15 is 0 Å². The van der Waals surface area contributed by atoms with Crippen LogP contribution in [0.15, 0.2) is 30.5 Å². The third-order valence-corrected chi connectivity index (χ3v) is 3.95. The summed E-state index contributed by atoms with van der Waals surface area (Å²) in [5, 5.41) is 4.55. The summed E-state index contributed by atoms with van der Waals surface area (Å²) in [6.45, 7) is 2.24. The molecule has 1 atom stereocenters. The Labute approximate surface area is 108 Å². The minimum atomic E-state index is 0.466. The van der Waals surface area contributed by atoms with E-state index in [-0.39, 0.29) is 0 Å². The van der Waals surface area contributed by atoms with Crippen molar-refractivity contribution in [3.63, 3.8) is 0 Å². The van der Waals surface area contributed by atoms with Crippen LogP contribution in [0.2, 0.25) is 0 Å². The molecular weight excluding hydrogens is 222 g/mol. The molecule has 1 aromatic heterocycles. The summed E-state index contributed by atoms with van der Waals surface area (Å²) in [7, 11) is 0. The van der Waals surface area contributed by atoms with E-state index in [4.69, 9.17) is 0 Å². The summed E-state index contributed by atoms with van der Waals surface area (Å²) < 4.78 is 0. The molecule has 0 spiro atoms. The number of hydrogen-bond donors (Lipinski definition) is 1. The monoisotopic (exact) mass is 241 g/mol. The number of nitrogens with zero attached hydrogens (tertiary/aromatic N) is 2. The topological polar surface area (TPSA) is 37.8 Å². The van der Waals surface area contributed by atoms with E-state index in [9.17, 15) is 0 Å². The number of benzene rings is 1. The van der Waals surface area contributed by atoms with Gasteiger partial charge >= 0.3 is 0 Å². The van der Waals surface area contributed by atoms with Gasteiger partial charge in [0.15, 0.2) is 0 Å². The molecule has 3 nitrogen and oxygen atoms in total. The fraction of sp³-hybridized carbons (Fsp3) is 0.467. The Kier molecular flexibility index (Phi) is 3.13. The minimum Gasteiger partial charge on any atom is -0.351 e. The first kappa shape index (κ1) is 11.5. The van der Waals surface area contributed by atoms with E-state index in [1.807, 2.05) is 30.5 Å². The van der Waals surface area contributed by atoms with Crippen LogP contribution in [0.5, 0.6) is 0 Å². The standard InChI is InChI=1S/C15H19N3/c1-11(12-6-2-3-7-12)17-15-16-10-13-8-4-5-9-14(13)18-15/h4-5,8-12H,2-3,6-7H2,1H3,(H,16,17,18). The Morgan fingerprint density at radius 2 is 2.00 bits per heavy atom. The molecule has 1 aromatic carbocycles. The average molecular weight is 241 g/mol. The molecule has 3 heteroatoms. The van der Waals surface area contributed by atoms with E-state index in [1.165, 1.54) is 25.7 Å². The largest absolute Gasteiger partial charge is 0.351 e. The number of aromatic nitrogens is 2. The molecule has 94 valence electrons. The molecule has 1 aliphatic rings. The SMILES string of the molecule is CC(Nc1ncc2ccccc2n1)C1CCCC1. The van der Waals surface area contributed by atoms with Crippen LogP contribution < -0.4 is 5.32 Å². The van der Waals surface area contributed by atoms with Gasteiger partial charge in [0.2, 0.25) is 5.95 Å². The van der Waals surface area contributed by atoms with Gasteiger partial charge in [-0.15, -0.1) is 0 Å². The van der Waals surface area contributed by atoms with Crippen molar-refractivity contribution in [2.75, 3.05) is 5.32 Å². The van der Waals surface area contributed by atoms with Gasteiger partial charge in [-0.25, -0.2) is 9.97 Å². The maximum absolute atomic E-state index is 4.56. The number of anilines is 1. The molecule has 1 unspecified atom stereocenters. The number of para-hydroxylation sites is 1. The highest BCUT2D eigenvalue weighted by atomic mass is 15.1. The van der Waals surface area contributed by atoms with Crippen molar-refractivity contribution in [1.29, 1.82) is 0 Å². The Morgan fingerprint density at radius 1 is 1.22 bits per heavy atom. The van der Waals surface area contributed by atoms with Crippen molar-refractivity contribution in [2.24, 2.45) is 5.92 Å². The van der Waals surface area contributed by atoms with Crippen LogP contribution in [0.25, 0.3) is 10.9 Å². The summed E-state index contributed by atoms with van der Waals surface area (Å²) in [6, 6.07) is 8.56. The molecule has 0 amide bonds. The fourth-order valence-electron chi connectivity index (χ4n) is 2.82. The zero-order valence-corrected chi connectivity index (χ0v) is 10.8. The lowest BCUT2D eigenvalue weighted by Crippen LogP contribution is -2.24. The Balaban J connectivity index is 1.77. The highest BCUT2D eigenvalue weighted by Gasteiger charge is 2.21. The third-order valence-electron chi connectivity index (χ3n) is 3.95. The van der Waals surface area contributed by atoms with E-state index < -0.39 is 0 Å². The number of rotatable bonds is 3. The summed E-state index contributed by atoms with van der Waals surface area (Å²) in [6.07, 6.45) is 7.31. The lowest BCUT2D eigenvalue weighted by Gasteiger charge is -2.20. The maximum Gasteiger partial charge on any atom is 0.223 e. The van der Waals surface area contributed by atoms with Gasteiger partial charge in [-0.05, 0) is 31.7 Å². The van der Waals surface area contributed by atoms with Gasteiger partial charge < -0.3 is 5.32 Å².